The largest absolute Gasteiger partial charge is 0.472 e. The number of unbranched alkanes of at least 4 members (excludes halogenated alkanes) is 24. The van der Waals surface area contributed by atoms with Gasteiger partial charge in [0.05, 0.1) is 6.61 Å². The maximum atomic E-state index is 12.5. The lowest BCUT2D eigenvalue weighted by Crippen LogP contribution is -2.29. The molecule has 0 saturated carbocycles. The van der Waals surface area contributed by atoms with Gasteiger partial charge < -0.3 is 14.4 Å². The molecule has 0 aliphatic carbocycles. The zero-order chi connectivity index (χ0) is 41.8. The number of carbonyl (C=O) groups excluding carboxylic acids is 2. The third kappa shape index (κ3) is 43.4. The predicted octanol–water partition coefficient (Wildman–Crippen LogP) is 15.0. The molecule has 9 heteroatoms. The van der Waals surface area contributed by atoms with Crippen LogP contribution >= 0.6 is 7.82 Å². The van der Waals surface area contributed by atoms with Gasteiger partial charge >= 0.3 is 19.8 Å². The molecule has 0 saturated heterocycles. The Kier molecular flexibility index (Phi) is 42.1. The van der Waals surface area contributed by atoms with Crippen LogP contribution in [0.1, 0.15) is 219 Å². The van der Waals surface area contributed by atoms with Gasteiger partial charge in [0.15, 0.2) is 6.10 Å². The van der Waals surface area contributed by atoms with Crippen molar-refractivity contribution in [1.29, 1.82) is 0 Å². The summed E-state index contributed by atoms with van der Waals surface area (Å²) < 4.78 is 32.0. The minimum Gasteiger partial charge on any atom is -0.462 e. The van der Waals surface area contributed by atoms with Crippen LogP contribution in [-0.2, 0) is 32.7 Å². The van der Waals surface area contributed by atoms with E-state index in [1.807, 2.05) is 0 Å². The number of phosphoric ester groups is 1. The second-order valence-electron chi connectivity index (χ2n) is 15.5. The van der Waals surface area contributed by atoms with Crippen LogP contribution in [0.5, 0.6) is 0 Å². The number of carbonyl (C=O) groups is 2. The van der Waals surface area contributed by atoms with Crippen LogP contribution in [0.15, 0.2) is 48.6 Å². The topological polar surface area (TPSA) is 108 Å². The van der Waals surface area contributed by atoms with E-state index in [2.05, 4.69) is 67.0 Å². The van der Waals surface area contributed by atoms with Crippen molar-refractivity contribution in [3.63, 3.8) is 0 Å². The molecular weight excluding hydrogens is 735 g/mol. The van der Waals surface area contributed by atoms with Crippen molar-refractivity contribution in [2.75, 3.05) is 20.3 Å². The van der Waals surface area contributed by atoms with E-state index in [0.717, 1.165) is 77.7 Å². The van der Waals surface area contributed by atoms with Crippen LogP contribution in [0, 0.1) is 0 Å². The number of phosphoric acid groups is 1. The lowest BCUT2D eigenvalue weighted by molar-refractivity contribution is -0.161. The van der Waals surface area contributed by atoms with Crippen molar-refractivity contribution < 1.29 is 37.6 Å². The normalized spacial score (nSPS) is 13.7. The summed E-state index contributed by atoms with van der Waals surface area (Å²) in [5.41, 5.74) is 0. The quantitative estimate of drug-likeness (QED) is 0.0280. The van der Waals surface area contributed by atoms with E-state index in [-0.39, 0.29) is 25.4 Å². The maximum absolute atomic E-state index is 12.5. The van der Waals surface area contributed by atoms with Gasteiger partial charge in [0, 0.05) is 20.0 Å². The molecule has 0 radical (unpaired) electrons. The van der Waals surface area contributed by atoms with Gasteiger partial charge in [0.1, 0.15) is 6.61 Å². The molecule has 8 nitrogen and oxygen atoms in total. The van der Waals surface area contributed by atoms with E-state index in [1.54, 1.807) is 0 Å². The van der Waals surface area contributed by atoms with Crippen LogP contribution in [0.25, 0.3) is 0 Å². The van der Waals surface area contributed by atoms with Crippen LogP contribution in [0.4, 0.5) is 0 Å². The summed E-state index contributed by atoms with van der Waals surface area (Å²) in [4.78, 5) is 34.5. The minimum atomic E-state index is -4.27. The van der Waals surface area contributed by atoms with Crippen molar-refractivity contribution >= 4 is 19.8 Å². The molecule has 0 aromatic rings. The van der Waals surface area contributed by atoms with Crippen LogP contribution in [0.2, 0.25) is 0 Å². The highest BCUT2D eigenvalue weighted by Gasteiger charge is 2.24. The van der Waals surface area contributed by atoms with Gasteiger partial charge in [-0.05, 0) is 70.6 Å². The van der Waals surface area contributed by atoms with E-state index < -0.39 is 26.5 Å². The van der Waals surface area contributed by atoms with Gasteiger partial charge in [0.25, 0.3) is 0 Å². The first-order chi connectivity index (χ1) is 27.8. The fourth-order valence-electron chi connectivity index (χ4n) is 6.49. The number of ether oxygens (including phenoxy) is 2. The van der Waals surface area contributed by atoms with Crippen molar-refractivity contribution in [2.24, 2.45) is 0 Å². The first-order valence-electron chi connectivity index (χ1n) is 23.3. The monoisotopic (exact) mass is 823 g/mol. The summed E-state index contributed by atoms with van der Waals surface area (Å²) in [6.45, 7) is 3.78. The molecule has 0 aromatic heterocycles. The van der Waals surface area contributed by atoms with E-state index in [9.17, 15) is 19.0 Å². The number of rotatable bonds is 43. The van der Waals surface area contributed by atoms with Crippen molar-refractivity contribution in [3.8, 4) is 0 Å². The summed E-state index contributed by atoms with van der Waals surface area (Å²) in [5.74, 6) is -0.821. The van der Waals surface area contributed by atoms with E-state index in [4.69, 9.17) is 14.0 Å². The molecule has 2 atom stereocenters. The maximum Gasteiger partial charge on any atom is 0.472 e. The Hall–Kier alpha value is -1.99. The number of hydrogen-bond donors (Lipinski definition) is 1. The molecule has 332 valence electrons. The average molecular weight is 823 g/mol. The Balaban J connectivity index is 3.92. The number of esters is 2. The van der Waals surface area contributed by atoms with Gasteiger partial charge in [-0.25, -0.2) is 4.57 Å². The Bertz CT molecular complexity index is 1070. The zero-order valence-corrected chi connectivity index (χ0v) is 37.9. The summed E-state index contributed by atoms with van der Waals surface area (Å²) >= 11 is 0. The summed E-state index contributed by atoms with van der Waals surface area (Å²) in [6.07, 6.45) is 53.2. The molecule has 2 unspecified atom stereocenters. The summed E-state index contributed by atoms with van der Waals surface area (Å²) in [6, 6.07) is 0. The molecule has 0 heterocycles. The third-order valence-corrected chi connectivity index (χ3v) is 11.0. The number of hydrogen-bond acceptors (Lipinski definition) is 7. The smallest absolute Gasteiger partial charge is 0.462 e. The molecule has 0 amide bonds. The Morgan fingerprint density at radius 1 is 0.509 bits per heavy atom. The Morgan fingerprint density at radius 3 is 1.35 bits per heavy atom. The summed E-state index contributed by atoms with van der Waals surface area (Å²) in [7, 11) is -3.21. The number of allylic oxidation sites excluding steroid dienone is 8. The minimum absolute atomic E-state index is 0.225. The first-order valence-corrected chi connectivity index (χ1v) is 24.8. The van der Waals surface area contributed by atoms with Gasteiger partial charge in [-0.15, -0.1) is 0 Å². The Morgan fingerprint density at radius 2 is 0.895 bits per heavy atom. The predicted molar refractivity (Wildman–Crippen MR) is 239 cm³/mol. The SMILES string of the molecule is CC/C=C\C/C=C\C/C=C\CCCCCCCC(=O)OC(COC(=O)CCCCCCCCCCCCC/C=C\CCCCCCCCCC)COP(=O)(O)OC. The van der Waals surface area contributed by atoms with E-state index in [0.29, 0.717) is 6.42 Å². The van der Waals surface area contributed by atoms with Gasteiger partial charge in [0.2, 0.25) is 0 Å². The highest BCUT2D eigenvalue weighted by molar-refractivity contribution is 7.47. The second kappa shape index (κ2) is 43.6. The lowest BCUT2D eigenvalue weighted by atomic mass is 10.0. The summed E-state index contributed by atoms with van der Waals surface area (Å²) in [5, 5.41) is 0. The molecular formula is C48H87O8P. The standard InChI is InChI=1S/C48H87O8P/c1-4-6-8-10-12-14-16-18-20-21-22-23-24-25-26-27-29-30-32-34-36-38-40-42-47(49)54-44-46(45-55-57(51,52)53-3)56-48(50)43-41-39-37-35-33-31-28-19-17-15-13-11-9-7-5-2/h7,9,13,15,19,21-22,28,46H,4-6,8,10-12,14,16-18,20,23-27,29-45H2,1-3H3,(H,51,52)/b9-7-,15-13-,22-21-,28-19-. The molecule has 0 aliphatic heterocycles. The molecule has 0 bridgehead atoms. The second-order valence-corrected chi connectivity index (χ2v) is 17.1. The molecule has 0 spiro atoms. The fraction of sp³-hybridized carbons (Fsp3) is 0.792. The fourth-order valence-corrected chi connectivity index (χ4v) is 6.95. The Labute approximate surface area is 350 Å². The van der Waals surface area contributed by atoms with Crippen molar-refractivity contribution in [1.82, 2.24) is 0 Å². The average Bonchev–Trinajstić information content (AvgIpc) is 3.20. The molecule has 57 heavy (non-hydrogen) atoms. The lowest BCUT2D eigenvalue weighted by Gasteiger charge is -2.19. The van der Waals surface area contributed by atoms with Crippen LogP contribution in [0.3, 0.4) is 0 Å². The van der Waals surface area contributed by atoms with E-state index >= 15 is 0 Å². The van der Waals surface area contributed by atoms with Crippen molar-refractivity contribution in [2.45, 2.75) is 225 Å². The first kappa shape index (κ1) is 55.0. The molecule has 0 fully saturated rings. The van der Waals surface area contributed by atoms with Crippen molar-refractivity contribution in [3.05, 3.63) is 48.6 Å². The van der Waals surface area contributed by atoms with E-state index in [1.165, 1.54) is 116 Å². The van der Waals surface area contributed by atoms with Crippen LogP contribution < -0.4 is 0 Å². The highest BCUT2D eigenvalue weighted by atomic mass is 31.2. The molecule has 0 rings (SSSR count). The molecule has 0 aromatic carbocycles. The zero-order valence-electron chi connectivity index (χ0n) is 37.0. The van der Waals surface area contributed by atoms with Gasteiger partial charge in [-0.1, -0.05) is 184 Å². The van der Waals surface area contributed by atoms with Gasteiger partial charge in [-0.3, -0.25) is 18.6 Å². The molecule has 1 N–H and O–H groups in total. The highest BCUT2D eigenvalue weighted by Crippen LogP contribution is 2.42. The van der Waals surface area contributed by atoms with Gasteiger partial charge in [-0.2, -0.15) is 0 Å². The third-order valence-electron chi connectivity index (χ3n) is 10.1. The molecule has 0 aliphatic rings. The van der Waals surface area contributed by atoms with Crippen LogP contribution in [-0.4, -0.2) is 43.3 Å².